The van der Waals surface area contributed by atoms with Crippen molar-refractivity contribution in [3.8, 4) is 11.1 Å². The molecular formula is C23H17ClF2. The van der Waals surface area contributed by atoms with Crippen molar-refractivity contribution in [1.82, 2.24) is 0 Å². The summed E-state index contributed by atoms with van der Waals surface area (Å²) in [7, 11) is 0. The second-order valence-corrected chi connectivity index (χ2v) is 6.95. The molecule has 26 heavy (non-hydrogen) atoms. The van der Waals surface area contributed by atoms with E-state index in [1.807, 2.05) is 61.5 Å². The lowest BCUT2D eigenvalue weighted by atomic mass is 9.95. The van der Waals surface area contributed by atoms with Gasteiger partial charge in [-0.1, -0.05) is 61.3 Å². The number of benzene rings is 4. The minimum Gasteiger partial charge on any atom is -0.206 e. The van der Waals surface area contributed by atoms with Gasteiger partial charge in [0.2, 0.25) is 0 Å². The van der Waals surface area contributed by atoms with E-state index in [1.54, 1.807) is 0 Å². The summed E-state index contributed by atoms with van der Waals surface area (Å²) in [5, 5.41) is 2.96. The molecule has 0 aliphatic heterocycles. The quantitative estimate of drug-likeness (QED) is 0.328. The third-order valence-corrected chi connectivity index (χ3v) is 5.05. The van der Waals surface area contributed by atoms with E-state index in [9.17, 15) is 8.78 Å². The molecule has 0 N–H and O–H groups in total. The van der Waals surface area contributed by atoms with Gasteiger partial charge >= 0.3 is 0 Å². The molecular weight excluding hydrogens is 350 g/mol. The van der Waals surface area contributed by atoms with Crippen LogP contribution in [-0.4, -0.2) is 0 Å². The summed E-state index contributed by atoms with van der Waals surface area (Å²) < 4.78 is 29.6. The highest BCUT2D eigenvalue weighted by Crippen LogP contribution is 2.34. The monoisotopic (exact) mass is 366 g/mol. The van der Waals surface area contributed by atoms with Gasteiger partial charge in [-0.05, 0) is 58.1 Å². The van der Waals surface area contributed by atoms with Crippen LogP contribution in [0.25, 0.3) is 32.7 Å². The van der Waals surface area contributed by atoms with Crippen LogP contribution >= 0.6 is 11.6 Å². The Morgan fingerprint density at radius 2 is 1.38 bits per heavy atom. The Balaban J connectivity index is 1.94. The molecule has 0 amide bonds. The highest BCUT2D eigenvalue weighted by molar-refractivity contribution is 6.30. The van der Waals surface area contributed by atoms with Crippen molar-refractivity contribution in [2.75, 3.05) is 0 Å². The summed E-state index contributed by atoms with van der Waals surface area (Å²) in [4.78, 5) is 0. The predicted octanol–water partition coefficient (Wildman–Crippen LogP) is 7.54. The molecule has 0 saturated heterocycles. The number of hydrogen-bond donors (Lipinski definition) is 0. The molecule has 3 heteroatoms. The van der Waals surface area contributed by atoms with Crippen molar-refractivity contribution >= 4 is 33.1 Å². The molecule has 0 aliphatic carbocycles. The fraction of sp³-hybridized carbons (Fsp3) is 0.130. The Labute approximate surface area is 156 Å². The van der Waals surface area contributed by atoms with Gasteiger partial charge in [0.05, 0.1) is 0 Å². The number of hydrogen-bond acceptors (Lipinski definition) is 0. The Morgan fingerprint density at radius 3 is 2.12 bits per heavy atom. The van der Waals surface area contributed by atoms with Crippen molar-refractivity contribution in [3.63, 3.8) is 0 Å². The summed E-state index contributed by atoms with van der Waals surface area (Å²) in [6, 6.07) is 18.1. The van der Waals surface area contributed by atoms with Crippen LogP contribution in [-0.2, 0) is 6.42 Å². The largest absolute Gasteiger partial charge is 0.206 e. The summed E-state index contributed by atoms with van der Waals surface area (Å²) in [6.45, 7) is 2.00. The summed E-state index contributed by atoms with van der Waals surface area (Å²) >= 11 is 5.94. The Hall–Kier alpha value is -2.45. The molecule has 0 heterocycles. The molecule has 4 aromatic carbocycles. The number of aryl methyl sites for hydroxylation is 1. The van der Waals surface area contributed by atoms with Gasteiger partial charge in [0.15, 0.2) is 0 Å². The molecule has 0 aliphatic rings. The highest BCUT2D eigenvalue weighted by atomic mass is 35.5. The number of fused-ring (bicyclic) bond motifs is 3. The summed E-state index contributed by atoms with van der Waals surface area (Å²) in [6.07, 6.45) is 1.50. The minimum absolute atomic E-state index is 0.313. The van der Waals surface area contributed by atoms with E-state index in [1.165, 1.54) is 6.07 Å². The average Bonchev–Trinajstić information content (AvgIpc) is 2.65. The molecule has 0 atom stereocenters. The standard InChI is InChI=1S/C23H17ClF2/c1-2-3-15-6-10-19-18-11-7-16(14-4-8-17(24)9-5-14)12-20(18)22(25)13-21(19)23(15)26/h4-13H,2-3H2,1H3. The van der Waals surface area contributed by atoms with Gasteiger partial charge < -0.3 is 0 Å². The molecule has 0 saturated carbocycles. The zero-order valence-electron chi connectivity index (χ0n) is 14.3. The first-order valence-electron chi connectivity index (χ1n) is 8.68. The van der Waals surface area contributed by atoms with Crippen molar-refractivity contribution in [2.24, 2.45) is 0 Å². The molecule has 0 unspecified atom stereocenters. The van der Waals surface area contributed by atoms with Crippen molar-refractivity contribution < 1.29 is 8.78 Å². The second-order valence-electron chi connectivity index (χ2n) is 6.51. The smallest absolute Gasteiger partial charge is 0.134 e. The van der Waals surface area contributed by atoms with E-state index in [-0.39, 0.29) is 5.82 Å². The zero-order valence-corrected chi connectivity index (χ0v) is 15.1. The van der Waals surface area contributed by atoms with Crippen LogP contribution in [0.15, 0.2) is 60.7 Å². The summed E-state index contributed by atoms with van der Waals surface area (Å²) in [5.41, 5.74) is 2.49. The lowest BCUT2D eigenvalue weighted by molar-refractivity contribution is 0.614. The maximum atomic E-state index is 14.8. The van der Waals surface area contributed by atoms with Gasteiger partial charge in [-0.2, -0.15) is 0 Å². The van der Waals surface area contributed by atoms with Crippen LogP contribution in [0.5, 0.6) is 0 Å². The first-order valence-corrected chi connectivity index (χ1v) is 9.05. The van der Waals surface area contributed by atoms with Crippen molar-refractivity contribution in [2.45, 2.75) is 19.8 Å². The van der Waals surface area contributed by atoms with Crippen LogP contribution in [0.1, 0.15) is 18.9 Å². The molecule has 0 bridgehead atoms. The molecule has 4 rings (SSSR count). The summed E-state index contributed by atoms with van der Waals surface area (Å²) in [5.74, 6) is -0.720. The van der Waals surface area contributed by atoms with Gasteiger partial charge in [-0.3, -0.25) is 0 Å². The van der Waals surface area contributed by atoms with E-state index >= 15 is 0 Å². The van der Waals surface area contributed by atoms with Crippen LogP contribution in [0.3, 0.4) is 0 Å². The van der Waals surface area contributed by atoms with Crippen LogP contribution in [0, 0.1) is 11.6 Å². The van der Waals surface area contributed by atoms with Crippen molar-refractivity contribution in [3.05, 3.63) is 82.9 Å². The van der Waals surface area contributed by atoms with Gasteiger partial charge in [0.1, 0.15) is 11.6 Å². The molecule has 0 spiro atoms. The first kappa shape index (κ1) is 17.0. The normalized spacial score (nSPS) is 11.4. The van der Waals surface area contributed by atoms with Crippen LogP contribution in [0.4, 0.5) is 8.78 Å². The number of rotatable bonds is 3. The van der Waals surface area contributed by atoms with Crippen LogP contribution in [0.2, 0.25) is 5.02 Å². The SMILES string of the molecule is CCCc1ccc2c(cc(F)c3cc(-c4ccc(Cl)cc4)ccc32)c1F. The second kappa shape index (κ2) is 6.69. The third-order valence-electron chi connectivity index (χ3n) is 4.79. The molecule has 130 valence electrons. The van der Waals surface area contributed by atoms with E-state index in [4.69, 9.17) is 11.6 Å². The van der Waals surface area contributed by atoms with Gasteiger partial charge in [-0.25, -0.2) is 8.78 Å². The average molecular weight is 367 g/mol. The van der Waals surface area contributed by atoms with Crippen LogP contribution < -0.4 is 0 Å². The Kier molecular flexibility index (Phi) is 4.37. The molecule has 0 nitrogen and oxygen atoms in total. The van der Waals surface area contributed by atoms with E-state index < -0.39 is 5.82 Å². The topological polar surface area (TPSA) is 0 Å². The predicted molar refractivity (Wildman–Crippen MR) is 106 cm³/mol. The van der Waals surface area contributed by atoms with E-state index in [0.717, 1.165) is 28.3 Å². The lowest BCUT2D eigenvalue weighted by Gasteiger charge is -2.11. The van der Waals surface area contributed by atoms with E-state index in [2.05, 4.69) is 0 Å². The number of halogens is 3. The maximum absolute atomic E-state index is 14.8. The molecule has 0 radical (unpaired) electrons. The van der Waals surface area contributed by atoms with Gasteiger partial charge in [-0.15, -0.1) is 0 Å². The molecule has 0 fully saturated rings. The first-order chi connectivity index (χ1) is 12.6. The van der Waals surface area contributed by atoms with Gasteiger partial charge in [0.25, 0.3) is 0 Å². The Bertz CT molecular complexity index is 1110. The zero-order chi connectivity index (χ0) is 18.3. The fourth-order valence-electron chi connectivity index (χ4n) is 3.48. The van der Waals surface area contributed by atoms with Gasteiger partial charge in [0, 0.05) is 15.8 Å². The van der Waals surface area contributed by atoms with E-state index in [0.29, 0.717) is 27.8 Å². The van der Waals surface area contributed by atoms with Crippen molar-refractivity contribution in [1.29, 1.82) is 0 Å². The Morgan fingerprint density at radius 1 is 0.731 bits per heavy atom. The lowest BCUT2D eigenvalue weighted by Crippen LogP contribution is -1.93. The fourth-order valence-corrected chi connectivity index (χ4v) is 3.61. The molecule has 0 aromatic heterocycles. The highest BCUT2D eigenvalue weighted by Gasteiger charge is 2.13. The minimum atomic E-state index is -0.407. The molecule has 4 aromatic rings. The third kappa shape index (κ3) is 2.85. The maximum Gasteiger partial charge on any atom is 0.134 e.